The van der Waals surface area contributed by atoms with Crippen molar-refractivity contribution < 1.29 is 19.0 Å². The summed E-state index contributed by atoms with van der Waals surface area (Å²) in [4.78, 5) is 12.8. The van der Waals surface area contributed by atoms with Crippen molar-refractivity contribution in [3.8, 4) is 17.2 Å². The van der Waals surface area contributed by atoms with E-state index in [1.54, 1.807) is 13.2 Å². The number of amides is 1. The Morgan fingerprint density at radius 3 is 2.45 bits per heavy atom. The molecule has 158 valence electrons. The lowest BCUT2D eigenvalue weighted by atomic mass is 9.98. The number of hydrogen-bond donors (Lipinski definition) is 1. The second kappa shape index (κ2) is 9.39. The van der Waals surface area contributed by atoms with Crippen LogP contribution in [0.4, 0.5) is 0 Å². The van der Waals surface area contributed by atoms with Crippen LogP contribution in [-0.4, -0.2) is 26.2 Å². The minimum absolute atomic E-state index is 0.191. The molecule has 1 aliphatic heterocycles. The Kier molecular flexibility index (Phi) is 6.22. The first-order valence-electron chi connectivity index (χ1n) is 10.2. The number of aryl methyl sites for hydroxylation is 1. The zero-order valence-electron chi connectivity index (χ0n) is 17.6. The number of carbonyl (C=O) groups is 1. The molecule has 1 aliphatic rings. The summed E-state index contributed by atoms with van der Waals surface area (Å²) in [6, 6.07) is 21.6. The van der Waals surface area contributed by atoms with Gasteiger partial charge in [0, 0.05) is 6.08 Å². The van der Waals surface area contributed by atoms with Gasteiger partial charge in [0.1, 0.15) is 13.2 Å². The summed E-state index contributed by atoms with van der Waals surface area (Å²) in [5, 5.41) is 3.12. The van der Waals surface area contributed by atoms with Crippen LogP contribution >= 0.6 is 0 Å². The van der Waals surface area contributed by atoms with Gasteiger partial charge in [-0.2, -0.15) is 0 Å². The minimum atomic E-state index is -0.242. The zero-order valence-corrected chi connectivity index (χ0v) is 17.6. The van der Waals surface area contributed by atoms with Crippen LogP contribution in [0.25, 0.3) is 6.08 Å². The smallest absolute Gasteiger partial charge is 0.244 e. The van der Waals surface area contributed by atoms with Gasteiger partial charge in [0.2, 0.25) is 11.7 Å². The lowest BCUT2D eigenvalue weighted by Crippen LogP contribution is -2.27. The van der Waals surface area contributed by atoms with Gasteiger partial charge in [-0.3, -0.25) is 4.79 Å². The number of methoxy groups -OCH3 is 1. The molecule has 0 spiro atoms. The molecule has 5 nitrogen and oxygen atoms in total. The van der Waals surface area contributed by atoms with E-state index in [2.05, 4.69) is 17.4 Å². The van der Waals surface area contributed by atoms with Gasteiger partial charge in [0.25, 0.3) is 0 Å². The average molecular weight is 415 g/mol. The van der Waals surface area contributed by atoms with E-state index in [-0.39, 0.29) is 11.9 Å². The number of fused-ring (bicyclic) bond motifs is 1. The van der Waals surface area contributed by atoms with E-state index in [0.717, 1.165) is 16.7 Å². The van der Waals surface area contributed by atoms with Crippen LogP contribution in [0.15, 0.2) is 72.8 Å². The van der Waals surface area contributed by atoms with Gasteiger partial charge in [0.15, 0.2) is 11.5 Å². The molecule has 0 aliphatic carbocycles. The van der Waals surface area contributed by atoms with Crippen molar-refractivity contribution in [2.45, 2.75) is 13.0 Å². The highest BCUT2D eigenvalue weighted by Crippen LogP contribution is 2.40. The van der Waals surface area contributed by atoms with Crippen molar-refractivity contribution in [1.29, 1.82) is 0 Å². The number of carbonyl (C=O) groups excluding carboxylic acids is 1. The molecule has 0 aromatic heterocycles. The third kappa shape index (κ3) is 4.89. The average Bonchev–Trinajstić information content (AvgIpc) is 2.82. The Hall–Kier alpha value is -3.73. The zero-order chi connectivity index (χ0) is 21.6. The normalized spacial score (nSPS) is 13.6. The molecule has 0 saturated carbocycles. The van der Waals surface area contributed by atoms with Gasteiger partial charge in [-0.1, -0.05) is 60.2 Å². The van der Waals surface area contributed by atoms with Gasteiger partial charge in [0.05, 0.1) is 13.2 Å². The quantitative estimate of drug-likeness (QED) is 0.593. The van der Waals surface area contributed by atoms with Crippen LogP contribution in [0.1, 0.15) is 28.3 Å². The number of benzene rings is 3. The van der Waals surface area contributed by atoms with Crippen LogP contribution < -0.4 is 19.5 Å². The van der Waals surface area contributed by atoms with E-state index in [0.29, 0.717) is 30.5 Å². The fourth-order valence-electron chi connectivity index (χ4n) is 3.52. The number of ether oxygens (including phenoxy) is 3. The van der Waals surface area contributed by atoms with Crippen molar-refractivity contribution in [1.82, 2.24) is 5.32 Å². The fraction of sp³-hybridized carbons (Fsp3) is 0.192. The SMILES string of the molecule is COc1cc(/C=C/C(=O)NC(c2ccccc2)c2ccc(C)cc2)cc2c1OCCO2. The van der Waals surface area contributed by atoms with E-state index < -0.39 is 0 Å². The summed E-state index contributed by atoms with van der Waals surface area (Å²) < 4.78 is 16.7. The molecule has 31 heavy (non-hydrogen) atoms. The molecule has 0 saturated heterocycles. The van der Waals surface area contributed by atoms with Crippen LogP contribution in [0.2, 0.25) is 0 Å². The largest absolute Gasteiger partial charge is 0.493 e. The summed E-state index contributed by atoms with van der Waals surface area (Å²) >= 11 is 0. The summed E-state index contributed by atoms with van der Waals surface area (Å²) in [5.74, 6) is 1.61. The molecule has 0 fully saturated rings. The van der Waals surface area contributed by atoms with Gasteiger partial charge in [-0.05, 0) is 41.8 Å². The number of nitrogens with one attached hydrogen (secondary N) is 1. The lowest BCUT2D eigenvalue weighted by Gasteiger charge is -2.21. The van der Waals surface area contributed by atoms with Crippen LogP contribution in [0, 0.1) is 6.92 Å². The predicted molar refractivity (Wildman–Crippen MR) is 121 cm³/mol. The number of hydrogen-bond acceptors (Lipinski definition) is 4. The van der Waals surface area contributed by atoms with Gasteiger partial charge < -0.3 is 19.5 Å². The first-order chi connectivity index (χ1) is 15.1. The second-order valence-electron chi connectivity index (χ2n) is 7.34. The molecule has 3 aromatic rings. The fourth-order valence-corrected chi connectivity index (χ4v) is 3.52. The molecule has 5 heteroatoms. The summed E-state index contributed by atoms with van der Waals surface area (Å²) in [6.45, 7) is 3.02. The third-order valence-electron chi connectivity index (χ3n) is 5.11. The Bertz CT molecular complexity index is 1060. The van der Waals surface area contributed by atoms with Gasteiger partial charge in [-0.25, -0.2) is 0 Å². The van der Waals surface area contributed by atoms with E-state index in [1.807, 2.05) is 61.5 Å². The van der Waals surface area contributed by atoms with E-state index in [4.69, 9.17) is 14.2 Å². The first kappa shape index (κ1) is 20.5. The van der Waals surface area contributed by atoms with Crippen molar-refractivity contribution in [3.05, 3.63) is 95.1 Å². The monoisotopic (exact) mass is 415 g/mol. The maximum absolute atomic E-state index is 12.8. The summed E-state index contributed by atoms with van der Waals surface area (Å²) in [7, 11) is 1.58. The van der Waals surface area contributed by atoms with E-state index in [9.17, 15) is 4.79 Å². The second-order valence-corrected chi connectivity index (χ2v) is 7.34. The molecular formula is C26H25NO4. The molecule has 3 aromatic carbocycles. The Labute approximate surface area is 182 Å². The van der Waals surface area contributed by atoms with Gasteiger partial charge >= 0.3 is 0 Å². The van der Waals surface area contributed by atoms with Crippen molar-refractivity contribution in [2.24, 2.45) is 0 Å². The predicted octanol–water partition coefficient (Wildman–Crippen LogP) is 4.69. The highest BCUT2D eigenvalue weighted by Gasteiger charge is 2.18. The highest BCUT2D eigenvalue weighted by atomic mass is 16.6. The van der Waals surface area contributed by atoms with Crippen molar-refractivity contribution in [2.75, 3.05) is 20.3 Å². The van der Waals surface area contributed by atoms with E-state index in [1.165, 1.54) is 11.6 Å². The minimum Gasteiger partial charge on any atom is -0.493 e. The van der Waals surface area contributed by atoms with Crippen LogP contribution in [-0.2, 0) is 4.79 Å². The molecule has 1 amide bonds. The third-order valence-corrected chi connectivity index (χ3v) is 5.11. The Morgan fingerprint density at radius 2 is 1.71 bits per heavy atom. The molecule has 1 atom stereocenters. The Balaban J connectivity index is 1.55. The van der Waals surface area contributed by atoms with Crippen LogP contribution in [0.3, 0.4) is 0 Å². The molecule has 1 heterocycles. The van der Waals surface area contributed by atoms with E-state index >= 15 is 0 Å². The van der Waals surface area contributed by atoms with Gasteiger partial charge in [-0.15, -0.1) is 0 Å². The van der Waals surface area contributed by atoms with Crippen molar-refractivity contribution in [3.63, 3.8) is 0 Å². The molecule has 1 N–H and O–H groups in total. The summed E-state index contributed by atoms with van der Waals surface area (Å²) in [6.07, 6.45) is 3.27. The first-order valence-corrected chi connectivity index (χ1v) is 10.2. The molecule has 0 bridgehead atoms. The number of rotatable bonds is 6. The van der Waals surface area contributed by atoms with Crippen LogP contribution in [0.5, 0.6) is 17.2 Å². The van der Waals surface area contributed by atoms with Crippen molar-refractivity contribution >= 4 is 12.0 Å². The highest BCUT2D eigenvalue weighted by molar-refractivity contribution is 5.92. The molecule has 4 rings (SSSR count). The molecule has 0 radical (unpaired) electrons. The maximum atomic E-state index is 12.8. The topological polar surface area (TPSA) is 56.8 Å². The Morgan fingerprint density at radius 1 is 1.00 bits per heavy atom. The summed E-state index contributed by atoms with van der Waals surface area (Å²) in [5.41, 5.74) is 4.02. The maximum Gasteiger partial charge on any atom is 0.244 e. The lowest BCUT2D eigenvalue weighted by molar-refractivity contribution is -0.116. The molecule has 1 unspecified atom stereocenters. The molecular weight excluding hydrogens is 390 g/mol. The standard InChI is InChI=1S/C26H25NO4/c1-18-8-11-21(12-9-18)25(20-6-4-3-5-7-20)27-24(28)13-10-19-16-22(29-2)26-23(17-19)30-14-15-31-26/h3-13,16-17,25H,14-15H2,1-2H3,(H,27,28)/b13-10+.